The molecule has 2 heterocycles. The van der Waals surface area contributed by atoms with Gasteiger partial charge in [0.05, 0.1) is 17.0 Å². The minimum absolute atomic E-state index is 0.174. The van der Waals surface area contributed by atoms with Crippen LogP contribution in [0.15, 0.2) is 81.1 Å². The molecule has 8 nitrogen and oxygen atoms in total. The molecule has 0 amide bonds. The molecule has 2 aromatic heterocycles. The second-order valence-corrected chi connectivity index (χ2v) is 9.02. The number of hydrogen-bond acceptors (Lipinski definition) is 7. The predicted molar refractivity (Wildman–Crippen MR) is 115 cm³/mol. The largest absolute Gasteiger partial charge is 0.463 e. The number of halogens is 1. The van der Waals surface area contributed by atoms with Gasteiger partial charge in [-0.25, -0.2) is 12.8 Å². The molecule has 0 aliphatic heterocycles. The zero-order valence-electron chi connectivity index (χ0n) is 16.9. The summed E-state index contributed by atoms with van der Waals surface area (Å²) >= 11 is 0. The molecular weight excluding hydrogens is 437 g/mol. The molecule has 10 heteroatoms. The molecule has 0 atom stereocenters. The molecule has 4 aromatic rings. The molecule has 0 aliphatic rings. The Morgan fingerprint density at radius 3 is 2.53 bits per heavy atom. The highest BCUT2D eigenvalue weighted by Crippen LogP contribution is 2.24. The van der Waals surface area contributed by atoms with Gasteiger partial charge in [-0.05, 0) is 48.0 Å². The van der Waals surface area contributed by atoms with Crippen LogP contribution in [0.25, 0.3) is 22.8 Å². The highest BCUT2D eigenvalue weighted by molar-refractivity contribution is 7.90. The maximum Gasteiger partial charge on any atom is 0.259 e. The van der Waals surface area contributed by atoms with E-state index in [0.29, 0.717) is 28.3 Å². The Balaban J connectivity index is 1.60. The van der Waals surface area contributed by atoms with Crippen molar-refractivity contribution < 1.29 is 22.1 Å². The summed E-state index contributed by atoms with van der Waals surface area (Å²) in [5, 5.41) is 3.96. The molecule has 0 spiro atoms. The zero-order chi connectivity index (χ0) is 22.7. The number of rotatable bonds is 7. The Hall–Kier alpha value is -3.79. The van der Waals surface area contributed by atoms with Crippen LogP contribution in [0, 0.1) is 0 Å². The molecule has 0 fully saturated rings. The number of pyridine rings is 1. The molecule has 164 valence electrons. The summed E-state index contributed by atoms with van der Waals surface area (Å²) in [7, 11) is -3.36. The van der Waals surface area contributed by atoms with E-state index in [1.165, 1.54) is 22.8 Å². The fourth-order valence-corrected chi connectivity index (χ4v) is 3.77. The highest BCUT2D eigenvalue weighted by Gasteiger charge is 2.13. The van der Waals surface area contributed by atoms with Crippen LogP contribution in [0.5, 0.6) is 5.75 Å². The molecule has 32 heavy (non-hydrogen) atoms. The van der Waals surface area contributed by atoms with Crippen molar-refractivity contribution in [1.29, 1.82) is 0 Å². The van der Waals surface area contributed by atoms with Crippen molar-refractivity contribution in [1.82, 2.24) is 14.7 Å². The van der Waals surface area contributed by atoms with E-state index in [0.717, 1.165) is 6.26 Å². The standard InChI is InChI=1S/C22H18FN3O5S/c1-32(28,29)19-4-2-3-15(11-19)12-26-13-17(7-10-20(26)27)22-24-21(25-31-22)16-5-8-18(9-6-16)30-14-23/h2-11,13H,12,14H2,1H3. The smallest absolute Gasteiger partial charge is 0.259 e. The third kappa shape index (κ3) is 4.75. The van der Waals surface area contributed by atoms with Crippen LogP contribution in [0.2, 0.25) is 0 Å². The number of benzene rings is 2. The van der Waals surface area contributed by atoms with Gasteiger partial charge in [-0.2, -0.15) is 4.98 Å². The summed E-state index contributed by atoms with van der Waals surface area (Å²) in [6.07, 6.45) is 2.71. The molecule has 0 aliphatic carbocycles. The maximum absolute atomic E-state index is 12.3. The van der Waals surface area contributed by atoms with Gasteiger partial charge in [0.15, 0.2) is 9.84 Å². The van der Waals surface area contributed by atoms with Crippen LogP contribution in [-0.2, 0) is 16.4 Å². The van der Waals surface area contributed by atoms with Crippen LogP contribution in [0.4, 0.5) is 4.39 Å². The zero-order valence-corrected chi connectivity index (χ0v) is 17.8. The first kappa shape index (κ1) is 21.4. The third-order valence-corrected chi connectivity index (χ3v) is 5.78. The van der Waals surface area contributed by atoms with Gasteiger partial charge < -0.3 is 13.8 Å². The molecule has 2 aromatic carbocycles. The first-order chi connectivity index (χ1) is 15.3. The van der Waals surface area contributed by atoms with Gasteiger partial charge in [0.25, 0.3) is 11.4 Å². The Morgan fingerprint density at radius 2 is 1.81 bits per heavy atom. The topological polar surface area (TPSA) is 104 Å². The van der Waals surface area contributed by atoms with E-state index in [1.807, 2.05) is 0 Å². The van der Waals surface area contributed by atoms with Crippen molar-refractivity contribution in [2.45, 2.75) is 11.4 Å². The van der Waals surface area contributed by atoms with Crippen LogP contribution in [0.3, 0.4) is 0 Å². The minimum atomic E-state index is -3.36. The van der Waals surface area contributed by atoms with Gasteiger partial charge in [0, 0.05) is 24.1 Å². The number of aromatic nitrogens is 3. The van der Waals surface area contributed by atoms with E-state index < -0.39 is 16.7 Å². The number of sulfone groups is 1. The summed E-state index contributed by atoms with van der Waals surface area (Å²) in [6, 6.07) is 15.9. The average molecular weight is 455 g/mol. The van der Waals surface area contributed by atoms with E-state index in [2.05, 4.69) is 10.1 Å². The van der Waals surface area contributed by atoms with Gasteiger partial charge in [0.1, 0.15) is 5.75 Å². The molecule has 0 bridgehead atoms. The lowest BCUT2D eigenvalue weighted by Gasteiger charge is -2.08. The van der Waals surface area contributed by atoms with Crippen molar-refractivity contribution >= 4 is 9.84 Å². The van der Waals surface area contributed by atoms with Crippen molar-refractivity contribution in [2.24, 2.45) is 0 Å². The van der Waals surface area contributed by atoms with Crippen molar-refractivity contribution in [3.05, 3.63) is 82.8 Å². The number of hydrogen-bond donors (Lipinski definition) is 0. The van der Waals surface area contributed by atoms with E-state index in [4.69, 9.17) is 9.26 Å². The number of nitrogens with zero attached hydrogens (tertiary/aromatic N) is 3. The van der Waals surface area contributed by atoms with Crippen LogP contribution < -0.4 is 10.3 Å². The quantitative estimate of drug-likeness (QED) is 0.421. The second kappa shape index (κ2) is 8.75. The molecule has 4 rings (SSSR count). The van der Waals surface area contributed by atoms with Gasteiger partial charge in [-0.15, -0.1) is 0 Å². The Bertz CT molecular complexity index is 1410. The summed E-state index contributed by atoms with van der Waals surface area (Å²) < 4.78 is 47.4. The van der Waals surface area contributed by atoms with Crippen LogP contribution >= 0.6 is 0 Å². The van der Waals surface area contributed by atoms with Crippen LogP contribution in [-0.4, -0.2) is 36.2 Å². The van der Waals surface area contributed by atoms with Crippen molar-refractivity contribution in [2.75, 3.05) is 13.1 Å². The molecule has 0 unspecified atom stereocenters. The summed E-state index contributed by atoms with van der Waals surface area (Å²) in [5.74, 6) is 0.917. The normalized spacial score (nSPS) is 11.4. The van der Waals surface area contributed by atoms with E-state index in [9.17, 15) is 17.6 Å². The molecule has 0 saturated heterocycles. The fraction of sp³-hybridized carbons (Fsp3) is 0.136. The lowest BCUT2D eigenvalue weighted by Crippen LogP contribution is -2.19. The lowest BCUT2D eigenvalue weighted by atomic mass is 10.2. The number of ether oxygens (including phenoxy) is 1. The summed E-state index contributed by atoms with van der Waals surface area (Å²) in [4.78, 5) is 16.9. The minimum Gasteiger partial charge on any atom is -0.463 e. The van der Waals surface area contributed by atoms with E-state index in [1.54, 1.807) is 48.7 Å². The fourth-order valence-electron chi connectivity index (χ4n) is 3.07. The van der Waals surface area contributed by atoms with Gasteiger partial charge in [-0.1, -0.05) is 17.3 Å². The van der Waals surface area contributed by atoms with Gasteiger partial charge in [-0.3, -0.25) is 4.79 Å². The Morgan fingerprint density at radius 1 is 1.06 bits per heavy atom. The Kier molecular flexibility index (Phi) is 5.87. The van der Waals surface area contributed by atoms with Gasteiger partial charge in [0.2, 0.25) is 12.7 Å². The van der Waals surface area contributed by atoms with E-state index >= 15 is 0 Å². The van der Waals surface area contributed by atoms with E-state index in [-0.39, 0.29) is 22.9 Å². The predicted octanol–water partition coefficient (Wildman–Crippen LogP) is 3.32. The molecule has 0 saturated carbocycles. The maximum atomic E-state index is 12.3. The first-order valence-electron chi connectivity index (χ1n) is 9.46. The van der Waals surface area contributed by atoms with Crippen molar-refractivity contribution in [3.8, 4) is 28.6 Å². The lowest BCUT2D eigenvalue weighted by molar-refractivity contribution is 0.192. The van der Waals surface area contributed by atoms with Crippen LogP contribution in [0.1, 0.15) is 5.56 Å². The monoisotopic (exact) mass is 455 g/mol. The Labute approximate surface area is 182 Å². The number of alkyl halides is 1. The molecule has 0 radical (unpaired) electrons. The second-order valence-electron chi connectivity index (χ2n) is 7.00. The SMILES string of the molecule is CS(=O)(=O)c1cccc(Cn2cc(-c3nc(-c4ccc(OCF)cc4)no3)ccc2=O)c1. The molecular formula is C22H18FN3O5S. The first-order valence-corrected chi connectivity index (χ1v) is 11.4. The average Bonchev–Trinajstić information content (AvgIpc) is 3.26. The highest BCUT2D eigenvalue weighted by atomic mass is 32.2. The third-order valence-electron chi connectivity index (χ3n) is 4.67. The van der Waals surface area contributed by atoms with Gasteiger partial charge >= 0.3 is 0 Å². The van der Waals surface area contributed by atoms with Crippen molar-refractivity contribution in [3.63, 3.8) is 0 Å². The summed E-state index contributed by atoms with van der Waals surface area (Å²) in [6.45, 7) is -0.743. The molecule has 0 N–H and O–H groups in total. The summed E-state index contributed by atoms with van der Waals surface area (Å²) in [5.41, 5.74) is 1.58.